The number of hydrogen-bond acceptors (Lipinski definition) is 9. The molecule has 2 fully saturated rings. The number of likely N-dealkylation sites (N-methyl/N-ethyl adjacent to an activating group) is 1. The quantitative estimate of drug-likeness (QED) is 0.423. The second-order valence-electron chi connectivity index (χ2n) is 10.2. The van der Waals surface area contributed by atoms with Crippen LogP contribution in [0.25, 0.3) is 11.3 Å². The number of carbonyl (C=O) groups is 1. The van der Waals surface area contributed by atoms with Crippen LogP contribution in [-0.4, -0.2) is 97.1 Å². The maximum atomic E-state index is 13.3. The van der Waals surface area contributed by atoms with Gasteiger partial charge in [0.1, 0.15) is 11.4 Å². The maximum absolute atomic E-state index is 13.3. The second kappa shape index (κ2) is 11.9. The van der Waals surface area contributed by atoms with Gasteiger partial charge in [-0.05, 0) is 44.2 Å². The summed E-state index contributed by atoms with van der Waals surface area (Å²) in [4.78, 5) is 29.3. The van der Waals surface area contributed by atoms with Crippen LogP contribution >= 0.6 is 0 Å². The number of nitrogens with two attached hydrogens (primary N) is 1. The van der Waals surface area contributed by atoms with E-state index in [-0.39, 0.29) is 5.91 Å². The first-order valence-electron chi connectivity index (χ1n) is 13.5. The normalized spacial score (nSPS) is 17.2. The number of nitrogens with one attached hydrogen (secondary N) is 2. The molecule has 10 heteroatoms. The first-order chi connectivity index (χ1) is 19.0. The number of piperazine rings is 1. The average Bonchev–Trinajstić information content (AvgIpc) is 2.98. The molecule has 1 amide bonds. The Morgan fingerprint density at radius 3 is 2.49 bits per heavy atom. The minimum atomic E-state index is 0.0337. The molecule has 39 heavy (non-hydrogen) atoms. The van der Waals surface area contributed by atoms with E-state index in [4.69, 9.17) is 10.5 Å². The van der Waals surface area contributed by atoms with Crippen molar-refractivity contribution in [2.24, 2.45) is 0 Å². The van der Waals surface area contributed by atoms with Gasteiger partial charge in [-0.1, -0.05) is 18.2 Å². The topological polar surface area (TPSA) is 112 Å². The van der Waals surface area contributed by atoms with Crippen molar-refractivity contribution in [1.29, 1.82) is 0 Å². The maximum Gasteiger partial charge on any atom is 0.253 e. The Morgan fingerprint density at radius 2 is 1.77 bits per heavy atom. The van der Waals surface area contributed by atoms with Gasteiger partial charge in [0.05, 0.1) is 24.7 Å². The van der Waals surface area contributed by atoms with Gasteiger partial charge in [0.2, 0.25) is 5.95 Å². The van der Waals surface area contributed by atoms with Gasteiger partial charge < -0.3 is 30.9 Å². The highest BCUT2D eigenvalue weighted by Crippen LogP contribution is 2.33. The fourth-order valence-corrected chi connectivity index (χ4v) is 5.43. The molecule has 3 heterocycles. The fourth-order valence-electron chi connectivity index (χ4n) is 5.43. The number of aromatic nitrogens is 2. The van der Waals surface area contributed by atoms with Crippen LogP contribution < -0.4 is 21.1 Å². The van der Waals surface area contributed by atoms with Crippen molar-refractivity contribution in [1.82, 2.24) is 24.7 Å². The molecule has 0 atom stereocenters. The lowest BCUT2D eigenvalue weighted by molar-refractivity contribution is 0.0518. The van der Waals surface area contributed by atoms with E-state index < -0.39 is 0 Å². The van der Waals surface area contributed by atoms with Crippen molar-refractivity contribution in [2.45, 2.75) is 18.9 Å². The summed E-state index contributed by atoms with van der Waals surface area (Å²) in [5, 5.41) is 6.41. The zero-order valence-electron chi connectivity index (χ0n) is 23.0. The van der Waals surface area contributed by atoms with Crippen LogP contribution in [0, 0.1) is 0 Å². The summed E-state index contributed by atoms with van der Waals surface area (Å²) >= 11 is 0. The minimum Gasteiger partial charge on any atom is -0.495 e. The molecule has 2 aliphatic heterocycles. The van der Waals surface area contributed by atoms with E-state index in [1.54, 1.807) is 19.4 Å². The van der Waals surface area contributed by atoms with E-state index >= 15 is 0 Å². The van der Waals surface area contributed by atoms with Crippen LogP contribution in [0.15, 0.2) is 48.7 Å². The van der Waals surface area contributed by atoms with Crippen LogP contribution in [0.3, 0.4) is 0 Å². The Labute approximate surface area is 230 Å². The van der Waals surface area contributed by atoms with Crippen LogP contribution in [0.5, 0.6) is 5.75 Å². The minimum absolute atomic E-state index is 0.0337. The second-order valence-corrected chi connectivity index (χ2v) is 10.2. The first-order valence-corrected chi connectivity index (χ1v) is 13.5. The van der Waals surface area contributed by atoms with Crippen LogP contribution in [0.1, 0.15) is 23.2 Å². The average molecular weight is 531 g/mol. The molecule has 0 saturated carbocycles. The molecule has 10 nitrogen and oxygen atoms in total. The number of benzene rings is 2. The molecule has 4 N–H and O–H groups in total. The molecule has 0 unspecified atom stereocenters. The lowest BCUT2D eigenvalue weighted by atomic mass is 10.0. The van der Waals surface area contributed by atoms with E-state index in [0.29, 0.717) is 40.4 Å². The monoisotopic (exact) mass is 530 g/mol. The van der Waals surface area contributed by atoms with Crippen LogP contribution in [0.2, 0.25) is 0 Å². The number of ether oxygens (including phenoxy) is 1. The molecular formula is C29H38N8O2. The van der Waals surface area contributed by atoms with Crippen molar-refractivity contribution in [2.75, 3.05) is 76.8 Å². The zero-order chi connectivity index (χ0) is 27.4. The molecule has 0 radical (unpaired) electrons. The van der Waals surface area contributed by atoms with E-state index in [0.717, 1.165) is 63.4 Å². The number of nitrogen functional groups attached to an aromatic ring is 1. The summed E-state index contributed by atoms with van der Waals surface area (Å²) in [6.45, 7) is 6.00. The number of piperidine rings is 1. The molecule has 0 aliphatic carbocycles. The largest absolute Gasteiger partial charge is 0.495 e. The smallest absolute Gasteiger partial charge is 0.253 e. The summed E-state index contributed by atoms with van der Waals surface area (Å²) in [5.41, 5.74) is 10.4. The van der Waals surface area contributed by atoms with Crippen LogP contribution in [-0.2, 0) is 0 Å². The number of para-hydroxylation sites is 1. The van der Waals surface area contributed by atoms with E-state index in [2.05, 4.69) is 37.4 Å². The van der Waals surface area contributed by atoms with Crippen molar-refractivity contribution >= 4 is 28.9 Å². The molecule has 1 aromatic heterocycles. The number of nitrogens with zero attached hydrogens (tertiary/aromatic N) is 5. The van der Waals surface area contributed by atoms with E-state index in [1.165, 1.54) is 0 Å². The highest BCUT2D eigenvalue weighted by atomic mass is 16.5. The summed E-state index contributed by atoms with van der Waals surface area (Å²) < 4.78 is 5.64. The van der Waals surface area contributed by atoms with Gasteiger partial charge in [-0.2, -0.15) is 0 Å². The highest BCUT2D eigenvalue weighted by molar-refractivity contribution is 5.95. The predicted octanol–water partition coefficient (Wildman–Crippen LogP) is 3.37. The summed E-state index contributed by atoms with van der Waals surface area (Å²) in [6.07, 6.45) is 3.62. The van der Waals surface area contributed by atoms with Crippen LogP contribution in [0.4, 0.5) is 23.0 Å². The Morgan fingerprint density at radius 1 is 1.03 bits per heavy atom. The summed E-state index contributed by atoms with van der Waals surface area (Å²) in [7, 11) is 5.63. The van der Waals surface area contributed by atoms with E-state index in [9.17, 15) is 4.79 Å². The fraction of sp³-hybridized carbons (Fsp3) is 0.414. The van der Waals surface area contributed by atoms with Crippen molar-refractivity contribution in [3.63, 3.8) is 0 Å². The first kappa shape index (κ1) is 26.7. The number of anilines is 4. The van der Waals surface area contributed by atoms with Gasteiger partial charge in [-0.25, -0.2) is 9.97 Å². The van der Waals surface area contributed by atoms with E-state index in [1.807, 2.05) is 48.3 Å². The number of amides is 1. The Balaban J connectivity index is 1.27. The SMILES string of the molecule is CNc1ccccc1-c1nc(Nc2ccc(C(=O)N3CCC(N4CCN(C)CC4)CC3)cc2OC)ncc1N. The number of rotatable bonds is 7. The Hall–Kier alpha value is -3.89. The van der Waals surface area contributed by atoms with Gasteiger partial charge in [0, 0.05) is 69.2 Å². The third-order valence-corrected chi connectivity index (χ3v) is 7.77. The third-order valence-electron chi connectivity index (χ3n) is 7.77. The molecule has 3 aromatic rings. The Kier molecular flexibility index (Phi) is 8.13. The van der Waals surface area contributed by atoms with Crippen molar-refractivity contribution in [3.05, 3.63) is 54.2 Å². The molecule has 2 aliphatic rings. The number of hydrogen-bond donors (Lipinski definition) is 3. The number of carbonyl (C=O) groups excluding carboxylic acids is 1. The number of methoxy groups -OCH3 is 1. The molecule has 2 aromatic carbocycles. The molecular weight excluding hydrogens is 492 g/mol. The number of likely N-dealkylation sites (tertiary alicyclic amines) is 1. The van der Waals surface area contributed by atoms with Crippen molar-refractivity contribution in [3.8, 4) is 17.0 Å². The highest BCUT2D eigenvalue weighted by Gasteiger charge is 2.29. The molecule has 0 spiro atoms. The van der Waals surface area contributed by atoms with Gasteiger partial charge in [0.25, 0.3) is 5.91 Å². The summed E-state index contributed by atoms with van der Waals surface area (Å²) in [5.74, 6) is 0.964. The van der Waals surface area contributed by atoms with Gasteiger partial charge in [-0.3, -0.25) is 9.69 Å². The zero-order valence-corrected chi connectivity index (χ0v) is 23.0. The standard InChI is InChI=1S/C29H38N8O2/c1-31-24-7-5-4-6-22(24)27-23(30)19-32-29(34-27)33-25-9-8-20(18-26(25)39-3)28(38)37-12-10-21(11-13-37)36-16-14-35(2)15-17-36/h4-9,18-19,21,31H,10-17,30H2,1-3H3,(H,32,33,34). The lowest BCUT2D eigenvalue weighted by Gasteiger charge is -2.42. The molecule has 206 valence electrons. The summed E-state index contributed by atoms with van der Waals surface area (Å²) in [6, 6.07) is 13.8. The Bertz CT molecular complexity index is 1300. The third kappa shape index (κ3) is 5.91. The molecule has 0 bridgehead atoms. The van der Waals surface area contributed by atoms with Crippen molar-refractivity contribution < 1.29 is 9.53 Å². The van der Waals surface area contributed by atoms with Gasteiger partial charge >= 0.3 is 0 Å². The van der Waals surface area contributed by atoms with Gasteiger partial charge in [0.15, 0.2) is 0 Å². The molecule has 5 rings (SSSR count). The van der Waals surface area contributed by atoms with Gasteiger partial charge in [-0.15, -0.1) is 0 Å². The predicted molar refractivity (Wildman–Crippen MR) is 156 cm³/mol. The molecule has 2 saturated heterocycles. The lowest BCUT2D eigenvalue weighted by Crippen LogP contribution is -2.52.